The van der Waals surface area contributed by atoms with Crippen LogP contribution in [0.1, 0.15) is 25.8 Å². The standard InChI is InChI=1S/C17H21N3O2/c1-3-10-22-13-7-5-6-12(11-13)15-9-8-14(16(18)19)17(21)20(15)4-2/h5-9,11H,3-4,10H2,1-2H3,(H3,18,19). The van der Waals surface area contributed by atoms with Crippen molar-refractivity contribution in [1.82, 2.24) is 4.57 Å². The number of pyridine rings is 1. The maximum absolute atomic E-state index is 12.4. The Hall–Kier alpha value is -2.56. The first-order chi connectivity index (χ1) is 10.6. The molecule has 0 amide bonds. The first-order valence-electron chi connectivity index (χ1n) is 7.40. The molecule has 0 fully saturated rings. The predicted molar refractivity (Wildman–Crippen MR) is 88.6 cm³/mol. The summed E-state index contributed by atoms with van der Waals surface area (Å²) in [6, 6.07) is 11.1. The number of nitrogens with one attached hydrogen (secondary N) is 1. The van der Waals surface area contributed by atoms with Crippen molar-refractivity contribution in [2.75, 3.05) is 6.61 Å². The van der Waals surface area contributed by atoms with Crippen LogP contribution in [0.3, 0.4) is 0 Å². The number of ether oxygens (including phenoxy) is 1. The highest BCUT2D eigenvalue weighted by Gasteiger charge is 2.11. The van der Waals surface area contributed by atoms with Gasteiger partial charge in [0, 0.05) is 12.1 Å². The Labute approximate surface area is 129 Å². The van der Waals surface area contributed by atoms with E-state index in [1.165, 1.54) is 0 Å². The van der Waals surface area contributed by atoms with Crippen LogP contribution in [0.25, 0.3) is 11.3 Å². The molecule has 0 saturated carbocycles. The summed E-state index contributed by atoms with van der Waals surface area (Å²) < 4.78 is 7.26. The molecule has 2 aromatic rings. The van der Waals surface area contributed by atoms with Gasteiger partial charge in [-0.2, -0.15) is 0 Å². The van der Waals surface area contributed by atoms with E-state index in [0.717, 1.165) is 23.4 Å². The summed E-state index contributed by atoms with van der Waals surface area (Å²) in [6.45, 7) is 5.12. The van der Waals surface area contributed by atoms with Gasteiger partial charge in [0.25, 0.3) is 5.56 Å². The smallest absolute Gasteiger partial charge is 0.261 e. The van der Waals surface area contributed by atoms with E-state index in [4.69, 9.17) is 15.9 Å². The number of hydrogen-bond acceptors (Lipinski definition) is 3. The second kappa shape index (κ2) is 6.93. The fourth-order valence-electron chi connectivity index (χ4n) is 2.31. The largest absolute Gasteiger partial charge is 0.494 e. The minimum Gasteiger partial charge on any atom is -0.494 e. The van der Waals surface area contributed by atoms with Crippen molar-refractivity contribution in [2.45, 2.75) is 26.8 Å². The average Bonchev–Trinajstić information content (AvgIpc) is 2.52. The lowest BCUT2D eigenvalue weighted by molar-refractivity contribution is 0.317. The van der Waals surface area contributed by atoms with Crippen LogP contribution in [-0.2, 0) is 6.54 Å². The molecule has 22 heavy (non-hydrogen) atoms. The van der Waals surface area contributed by atoms with E-state index in [2.05, 4.69) is 6.92 Å². The van der Waals surface area contributed by atoms with Gasteiger partial charge < -0.3 is 15.0 Å². The number of amidine groups is 1. The van der Waals surface area contributed by atoms with Crippen LogP contribution >= 0.6 is 0 Å². The Bertz CT molecular complexity index is 735. The van der Waals surface area contributed by atoms with Gasteiger partial charge in [-0.15, -0.1) is 0 Å². The second-order valence-corrected chi connectivity index (χ2v) is 4.97. The summed E-state index contributed by atoms with van der Waals surface area (Å²) in [4.78, 5) is 12.4. The van der Waals surface area contributed by atoms with E-state index in [9.17, 15) is 4.79 Å². The first kappa shape index (κ1) is 15.8. The lowest BCUT2D eigenvalue weighted by atomic mass is 10.1. The number of nitrogens with two attached hydrogens (primary N) is 1. The summed E-state index contributed by atoms with van der Waals surface area (Å²) in [7, 11) is 0. The Morgan fingerprint density at radius 2 is 2.05 bits per heavy atom. The van der Waals surface area contributed by atoms with Crippen LogP contribution in [0.15, 0.2) is 41.2 Å². The molecule has 1 aromatic carbocycles. The number of aromatic nitrogens is 1. The fraction of sp³-hybridized carbons (Fsp3) is 0.294. The number of hydrogen-bond donors (Lipinski definition) is 2. The molecule has 0 aliphatic carbocycles. The van der Waals surface area contributed by atoms with E-state index < -0.39 is 0 Å². The maximum atomic E-state index is 12.4. The second-order valence-electron chi connectivity index (χ2n) is 4.97. The van der Waals surface area contributed by atoms with E-state index >= 15 is 0 Å². The predicted octanol–water partition coefficient (Wildman–Crippen LogP) is 2.61. The van der Waals surface area contributed by atoms with E-state index in [1.807, 2.05) is 37.3 Å². The molecule has 5 heteroatoms. The number of rotatable bonds is 6. The fourth-order valence-corrected chi connectivity index (χ4v) is 2.31. The summed E-state index contributed by atoms with van der Waals surface area (Å²) >= 11 is 0. The van der Waals surface area contributed by atoms with Gasteiger partial charge >= 0.3 is 0 Å². The summed E-state index contributed by atoms with van der Waals surface area (Å²) in [5.74, 6) is 0.573. The van der Waals surface area contributed by atoms with Gasteiger partial charge in [-0.1, -0.05) is 19.1 Å². The van der Waals surface area contributed by atoms with Crippen LogP contribution in [0, 0.1) is 5.41 Å². The molecule has 0 radical (unpaired) electrons. The van der Waals surface area contributed by atoms with Gasteiger partial charge in [0.1, 0.15) is 11.6 Å². The molecule has 116 valence electrons. The van der Waals surface area contributed by atoms with Crippen molar-refractivity contribution in [1.29, 1.82) is 5.41 Å². The Kier molecular flexibility index (Phi) is 4.99. The first-order valence-corrected chi connectivity index (χ1v) is 7.40. The monoisotopic (exact) mass is 299 g/mol. The molecule has 0 atom stereocenters. The molecular formula is C17H21N3O2. The molecule has 5 nitrogen and oxygen atoms in total. The zero-order valence-corrected chi connectivity index (χ0v) is 12.9. The zero-order chi connectivity index (χ0) is 16.1. The highest BCUT2D eigenvalue weighted by atomic mass is 16.5. The molecule has 0 saturated heterocycles. The topological polar surface area (TPSA) is 81.1 Å². The molecule has 2 rings (SSSR count). The Balaban J connectivity index is 2.51. The van der Waals surface area contributed by atoms with Crippen LogP contribution in [0.4, 0.5) is 0 Å². The molecule has 0 aliphatic heterocycles. The quantitative estimate of drug-likeness (QED) is 0.635. The molecule has 0 bridgehead atoms. The Morgan fingerprint density at radius 1 is 1.27 bits per heavy atom. The lowest BCUT2D eigenvalue weighted by Gasteiger charge is -2.14. The van der Waals surface area contributed by atoms with Gasteiger partial charge in [-0.3, -0.25) is 10.2 Å². The maximum Gasteiger partial charge on any atom is 0.261 e. The van der Waals surface area contributed by atoms with Crippen molar-refractivity contribution < 1.29 is 4.74 Å². The van der Waals surface area contributed by atoms with Crippen LogP contribution < -0.4 is 16.0 Å². The van der Waals surface area contributed by atoms with Gasteiger partial charge in [0.15, 0.2) is 0 Å². The third kappa shape index (κ3) is 3.19. The Morgan fingerprint density at radius 3 is 2.68 bits per heavy atom. The molecule has 3 N–H and O–H groups in total. The van der Waals surface area contributed by atoms with Crippen molar-refractivity contribution >= 4 is 5.84 Å². The molecule has 1 aromatic heterocycles. The summed E-state index contributed by atoms with van der Waals surface area (Å²) in [5, 5.41) is 7.48. The number of nitrogens with zero attached hydrogens (tertiary/aromatic N) is 1. The normalized spacial score (nSPS) is 10.5. The minimum absolute atomic E-state index is 0.209. The van der Waals surface area contributed by atoms with Crippen molar-refractivity contribution in [3.63, 3.8) is 0 Å². The van der Waals surface area contributed by atoms with Crippen molar-refractivity contribution in [2.24, 2.45) is 5.73 Å². The van der Waals surface area contributed by atoms with E-state index in [-0.39, 0.29) is 17.0 Å². The number of nitrogen functional groups attached to an aromatic ring is 1. The summed E-state index contributed by atoms with van der Waals surface area (Å²) in [5.41, 5.74) is 7.14. The molecule has 0 spiro atoms. The number of benzene rings is 1. The van der Waals surface area contributed by atoms with Gasteiger partial charge in [0.05, 0.1) is 17.9 Å². The van der Waals surface area contributed by atoms with E-state index in [1.54, 1.807) is 10.6 Å². The minimum atomic E-state index is -0.243. The van der Waals surface area contributed by atoms with Crippen LogP contribution in [0.5, 0.6) is 5.75 Å². The third-order valence-corrected chi connectivity index (χ3v) is 3.38. The van der Waals surface area contributed by atoms with E-state index in [0.29, 0.717) is 13.2 Å². The van der Waals surface area contributed by atoms with Crippen molar-refractivity contribution in [3.8, 4) is 17.0 Å². The summed E-state index contributed by atoms with van der Waals surface area (Å²) in [6.07, 6.45) is 0.942. The van der Waals surface area contributed by atoms with Gasteiger partial charge in [-0.25, -0.2) is 0 Å². The molecule has 1 heterocycles. The molecule has 0 unspecified atom stereocenters. The third-order valence-electron chi connectivity index (χ3n) is 3.38. The van der Waals surface area contributed by atoms with Crippen LogP contribution in [0.2, 0.25) is 0 Å². The van der Waals surface area contributed by atoms with Gasteiger partial charge in [-0.05, 0) is 37.6 Å². The van der Waals surface area contributed by atoms with Crippen molar-refractivity contribution in [3.05, 3.63) is 52.3 Å². The highest BCUT2D eigenvalue weighted by Crippen LogP contribution is 2.23. The van der Waals surface area contributed by atoms with Gasteiger partial charge in [0.2, 0.25) is 0 Å². The lowest BCUT2D eigenvalue weighted by Crippen LogP contribution is -2.30. The zero-order valence-electron chi connectivity index (χ0n) is 12.9. The SMILES string of the molecule is CCCOc1cccc(-c2ccc(C(=N)N)c(=O)n2CC)c1. The molecular weight excluding hydrogens is 278 g/mol. The molecule has 0 aliphatic rings. The average molecular weight is 299 g/mol. The van der Waals surface area contributed by atoms with Crippen LogP contribution in [-0.4, -0.2) is 17.0 Å². The highest BCUT2D eigenvalue weighted by molar-refractivity contribution is 5.94.